The van der Waals surface area contributed by atoms with Crippen LogP contribution in [0.3, 0.4) is 0 Å². The predicted octanol–water partition coefficient (Wildman–Crippen LogP) is 1.90. The third kappa shape index (κ3) is 2.59. The summed E-state index contributed by atoms with van der Waals surface area (Å²) < 4.78 is 1.82. The lowest BCUT2D eigenvalue weighted by atomic mass is 9.93. The summed E-state index contributed by atoms with van der Waals surface area (Å²) in [6, 6.07) is 0. The maximum Gasteiger partial charge on any atom is 0.0653 e. The van der Waals surface area contributed by atoms with Crippen LogP contribution in [0.5, 0.6) is 0 Å². The van der Waals surface area contributed by atoms with E-state index in [9.17, 15) is 5.11 Å². The average molecular weight is 208 g/mol. The van der Waals surface area contributed by atoms with E-state index in [0.717, 1.165) is 25.7 Å². The van der Waals surface area contributed by atoms with E-state index < -0.39 is 5.60 Å². The molecule has 15 heavy (non-hydrogen) atoms. The molecule has 1 heterocycles. The van der Waals surface area contributed by atoms with Gasteiger partial charge in [0.25, 0.3) is 0 Å². The minimum absolute atomic E-state index is 0.407. The molecule has 1 N–H and O–H groups in total. The Morgan fingerprint density at radius 1 is 1.67 bits per heavy atom. The summed E-state index contributed by atoms with van der Waals surface area (Å²) in [6.07, 6.45) is 8.84. The molecule has 1 fully saturated rings. The first-order valence-electron chi connectivity index (χ1n) is 5.77. The topological polar surface area (TPSA) is 38.1 Å². The molecule has 0 aliphatic heterocycles. The fourth-order valence-electron chi connectivity index (χ4n) is 2.57. The number of aromatic nitrogens is 2. The van der Waals surface area contributed by atoms with Gasteiger partial charge in [-0.25, -0.2) is 0 Å². The van der Waals surface area contributed by atoms with Gasteiger partial charge in [0.1, 0.15) is 0 Å². The molecule has 1 aromatic heterocycles. The van der Waals surface area contributed by atoms with Gasteiger partial charge in [0.15, 0.2) is 0 Å². The second-order valence-electron chi connectivity index (χ2n) is 5.09. The molecule has 0 amide bonds. The third-order valence-corrected chi connectivity index (χ3v) is 3.47. The number of hydrogen-bond donors (Lipinski definition) is 1. The lowest BCUT2D eigenvalue weighted by Gasteiger charge is -2.21. The highest BCUT2D eigenvalue weighted by atomic mass is 16.3. The fourth-order valence-corrected chi connectivity index (χ4v) is 2.57. The molecule has 2 atom stereocenters. The first kappa shape index (κ1) is 10.7. The van der Waals surface area contributed by atoms with Gasteiger partial charge in [-0.3, -0.25) is 4.68 Å². The van der Waals surface area contributed by atoms with Crippen LogP contribution in [0.2, 0.25) is 0 Å². The minimum atomic E-state index is -0.407. The van der Waals surface area contributed by atoms with Crippen LogP contribution in [0.25, 0.3) is 0 Å². The fraction of sp³-hybridized carbons (Fsp3) is 0.750. The lowest BCUT2D eigenvalue weighted by Crippen LogP contribution is -2.25. The average Bonchev–Trinajstić information content (AvgIpc) is 2.71. The first-order chi connectivity index (χ1) is 7.07. The summed E-state index contributed by atoms with van der Waals surface area (Å²) >= 11 is 0. The van der Waals surface area contributed by atoms with Crippen LogP contribution in [0.4, 0.5) is 0 Å². The van der Waals surface area contributed by atoms with Crippen LogP contribution < -0.4 is 0 Å². The Balaban J connectivity index is 1.88. The quantitative estimate of drug-likeness (QED) is 0.824. The van der Waals surface area contributed by atoms with E-state index in [1.54, 1.807) is 0 Å². The second kappa shape index (κ2) is 3.97. The summed E-state index contributed by atoms with van der Waals surface area (Å²) in [6.45, 7) is 2.22. The van der Waals surface area contributed by atoms with E-state index in [-0.39, 0.29) is 0 Å². The molecule has 3 heteroatoms. The van der Waals surface area contributed by atoms with Gasteiger partial charge in [-0.2, -0.15) is 5.10 Å². The van der Waals surface area contributed by atoms with Crippen molar-refractivity contribution in [3.8, 4) is 0 Å². The normalized spacial score (nSPS) is 31.0. The standard InChI is InChI=1S/C12H20N2O/c1-10-3-5-12(15,7-10)6-4-11-8-13-14(2)9-11/h8-10,15H,3-7H2,1-2H3. The van der Waals surface area contributed by atoms with Crippen LogP contribution in [0, 0.1) is 5.92 Å². The highest BCUT2D eigenvalue weighted by Crippen LogP contribution is 2.37. The molecule has 1 aliphatic rings. The van der Waals surface area contributed by atoms with Crippen molar-refractivity contribution < 1.29 is 5.11 Å². The largest absolute Gasteiger partial charge is 0.390 e. The zero-order valence-corrected chi connectivity index (χ0v) is 9.61. The molecule has 84 valence electrons. The van der Waals surface area contributed by atoms with Crippen molar-refractivity contribution in [2.75, 3.05) is 0 Å². The summed E-state index contributed by atoms with van der Waals surface area (Å²) in [5.41, 5.74) is 0.820. The van der Waals surface area contributed by atoms with E-state index in [0.29, 0.717) is 5.92 Å². The minimum Gasteiger partial charge on any atom is -0.390 e. The number of nitrogens with zero attached hydrogens (tertiary/aromatic N) is 2. The molecule has 3 nitrogen and oxygen atoms in total. The number of hydrogen-bond acceptors (Lipinski definition) is 2. The number of aliphatic hydroxyl groups is 1. The molecule has 0 bridgehead atoms. The highest BCUT2D eigenvalue weighted by molar-refractivity contribution is 5.05. The van der Waals surface area contributed by atoms with Crippen LogP contribution in [0.1, 0.15) is 38.2 Å². The second-order valence-corrected chi connectivity index (χ2v) is 5.09. The molecular formula is C12H20N2O. The van der Waals surface area contributed by atoms with Crippen molar-refractivity contribution in [2.24, 2.45) is 13.0 Å². The molecular weight excluding hydrogens is 188 g/mol. The highest BCUT2D eigenvalue weighted by Gasteiger charge is 2.34. The van der Waals surface area contributed by atoms with E-state index >= 15 is 0 Å². The van der Waals surface area contributed by atoms with Gasteiger partial charge < -0.3 is 5.11 Å². The predicted molar refractivity (Wildman–Crippen MR) is 59.5 cm³/mol. The smallest absolute Gasteiger partial charge is 0.0653 e. The molecule has 1 aliphatic carbocycles. The van der Waals surface area contributed by atoms with Gasteiger partial charge in [0.2, 0.25) is 0 Å². The zero-order valence-electron chi connectivity index (χ0n) is 9.61. The SMILES string of the molecule is CC1CCC(O)(CCc2cnn(C)c2)C1. The van der Waals surface area contributed by atoms with Gasteiger partial charge >= 0.3 is 0 Å². The summed E-state index contributed by atoms with van der Waals surface area (Å²) in [7, 11) is 1.93. The van der Waals surface area contributed by atoms with Crippen molar-refractivity contribution in [2.45, 2.75) is 44.6 Å². The Kier molecular flexibility index (Phi) is 2.83. The van der Waals surface area contributed by atoms with E-state index in [2.05, 4.69) is 12.0 Å². The molecule has 0 spiro atoms. The monoisotopic (exact) mass is 208 g/mol. The Bertz CT molecular complexity index is 334. The molecule has 1 aromatic rings. The van der Waals surface area contributed by atoms with Crippen LogP contribution in [0.15, 0.2) is 12.4 Å². The van der Waals surface area contributed by atoms with Crippen molar-refractivity contribution in [1.29, 1.82) is 0 Å². The molecule has 0 radical (unpaired) electrons. The number of rotatable bonds is 3. The van der Waals surface area contributed by atoms with Gasteiger partial charge in [-0.1, -0.05) is 6.92 Å². The summed E-state index contributed by atoms with van der Waals surface area (Å²) in [5.74, 6) is 0.684. The lowest BCUT2D eigenvalue weighted by molar-refractivity contribution is 0.0357. The van der Waals surface area contributed by atoms with E-state index in [4.69, 9.17) is 0 Å². The first-order valence-corrected chi connectivity index (χ1v) is 5.77. The number of aryl methyl sites for hydroxylation is 2. The van der Waals surface area contributed by atoms with Crippen LogP contribution in [-0.4, -0.2) is 20.5 Å². The van der Waals surface area contributed by atoms with Crippen molar-refractivity contribution in [3.63, 3.8) is 0 Å². The Morgan fingerprint density at radius 2 is 2.47 bits per heavy atom. The third-order valence-electron chi connectivity index (χ3n) is 3.47. The summed E-state index contributed by atoms with van der Waals surface area (Å²) in [5, 5.41) is 14.4. The molecule has 0 saturated heterocycles. The molecule has 2 rings (SSSR count). The van der Waals surface area contributed by atoms with Crippen molar-refractivity contribution in [1.82, 2.24) is 9.78 Å². The van der Waals surface area contributed by atoms with Crippen molar-refractivity contribution in [3.05, 3.63) is 18.0 Å². The van der Waals surface area contributed by atoms with E-state index in [1.807, 2.05) is 24.1 Å². The van der Waals surface area contributed by atoms with Crippen molar-refractivity contribution >= 4 is 0 Å². The Labute approximate surface area is 91.1 Å². The van der Waals surface area contributed by atoms with Crippen LogP contribution >= 0.6 is 0 Å². The van der Waals surface area contributed by atoms with Gasteiger partial charge in [-0.05, 0) is 43.6 Å². The Morgan fingerprint density at radius 3 is 3.00 bits per heavy atom. The molecule has 1 saturated carbocycles. The molecule has 2 unspecified atom stereocenters. The van der Waals surface area contributed by atoms with Gasteiger partial charge in [-0.15, -0.1) is 0 Å². The van der Waals surface area contributed by atoms with E-state index in [1.165, 1.54) is 12.0 Å². The Hall–Kier alpha value is -0.830. The molecule has 0 aromatic carbocycles. The van der Waals surface area contributed by atoms with Gasteiger partial charge in [0, 0.05) is 13.2 Å². The van der Waals surface area contributed by atoms with Crippen LogP contribution in [-0.2, 0) is 13.5 Å². The maximum atomic E-state index is 10.3. The maximum absolute atomic E-state index is 10.3. The summed E-state index contributed by atoms with van der Waals surface area (Å²) in [4.78, 5) is 0. The zero-order chi connectivity index (χ0) is 10.9. The van der Waals surface area contributed by atoms with Gasteiger partial charge in [0.05, 0.1) is 11.8 Å².